The van der Waals surface area contributed by atoms with Gasteiger partial charge in [0.15, 0.2) is 6.10 Å². The second-order valence-corrected chi connectivity index (χ2v) is 8.44. The summed E-state index contributed by atoms with van der Waals surface area (Å²) in [5, 5.41) is 5.40. The first-order valence-electron chi connectivity index (χ1n) is 10.1. The molecule has 0 fully saturated rings. The molecule has 3 aromatic rings. The number of amides is 1. The largest absolute Gasteiger partial charge is 0.487 e. The second-order valence-electron chi connectivity index (χ2n) is 8.44. The van der Waals surface area contributed by atoms with Crippen LogP contribution in [0.4, 0.5) is 0 Å². The van der Waals surface area contributed by atoms with Crippen molar-refractivity contribution in [2.45, 2.75) is 51.9 Å². The smallest absolute Gasteiger partial charge is 0.261 e. The van der Waals surface area contributed by atoms with Gasteiger partial charge >= 0.3 is 0 Å². The second kappa shape index (κ2) is 7.43. The number of carbonyl (C=O) groups excluding carboxylic acids is 1. The number of benzene rings is 3. The highest BCUT2D eigenvalue weighted by Gasteiger charge is 2.35. The minimum absolute atomic E-state index is 0.107. The number of carbonyl (C=O) groups is 1. The molecule has 1 aliphatic rings. The normalized spacial score (nSPS) is 18.4. The van der Waals surface area contributed by atoms with Crippen LogP contribution < -0.4 is 14.8 Å². The fraction of sp³-hybridized carbons (Fsp3) is 0.320. The molecule has 0 radical (unpaired) electrons. The molecule has 0 aliphatic carbocycles. The van der Waals surface area contributed by atoms with E-state index in [-0.39, 0.29) is 17.6 Å². The van der Waals surface area contributed by atoms with Gasteiger partial charge < -0.3 is 14.8 Å². The number of fused-ring (bicyclic) bond motifs is 2. The van der Waals surface area contributed by atoms with Crippen molar-refractivity contribution in [3.05, 3.63) is 71.8 Å². The predicted octanol–water partition coefficient (Wildman–Crippen LogP) is 5.33. The quantitative estimate of drug-likeness (QED) is 0.656. The molecule has 0 saturated heterocycles. The molecule has 0 bridgehead atoms. The molecule has 0 spiro atoms. The van der Waals surface area contributed by atoms with Gasteiger partial charge in [-0.3, -0.25) is 4.79 Å². The Hall–Kier alpha value is -3.01. The average Bonchev–Trinajstić information content (AvgIpc) is 2.66. The number of nitrogens with one attached hydrogen (secondary N) is 1. The Morgan fingerprint density at radius 2 is 1.86 bits per heavy atom. The van der Waals surface area contributed by atoms with Gasteiger partial charge in [-0.15, -0.1) is 0 Å². The summed E-state index contributed by atoms with van der Waals surface area (Å²) in [6.07, 6.45) is 0.105. The number of hydrogen-bond acceptors (Lipinski definition) is 3. The number of ether oxygens (including phenoxy) is 2. The van der Waals surface area contributed by atoms with Crippen LogP contribution in [0.3, 0.4) is 0 Å². The van der Waals surface area contributed by atoms with E-state index in [0.717, 1.165) is 27.6 Å². The first kappa shape index (κ1) is 19.3. The lowest BCUT2D eigenvalue weighted by atomic mass is 9.89. The van der Waals surface area contributed by atoms with E-state index in [1.807, 2.05) is 69.3 Å². The molecule has 1 aliphatic heterocycles. The van der Waals surface area contributed by atoms with Crippen LogP contribution in [0.25, 0.3) is 10.8 Å². The maximum Gasteiger partial charge on any atom is 0.261 e. The lowest BCUT2D eigenvalue weighted by Crippen LogP contribution is -2.44. The van der Waals surface area contributed by atoms with Crippen LogP contribution in [0, 0.1) is 6.92 Å². The highest BCUT2D eigenvalue weighted by molar-refractivity contribution is 5.84. The summed E-state index contributed by atoms with van der Waals surface area (Å²) in [5.74, 6) is 1.40. The van der Waals surface area contributed by atoms with Crippen LogP contribution in [0.1, 0.15) is 44.4 Å². The summed E-state index contributed by atoms with van der Waals surface area (Å²) >= 11 is 0. The molecule has 1 heterocycles. The highest BCUT2D eigenvalue weighted by Crippen LogP contribution is 2.40. The Bertz CT molecular complexity index is 1060. The third kappa shape index (κ3) is 4.21. The Balaban J connectivity index is 1.49. The topological polar surface area (TPSA) is 47.6 Å². The molecule has 29 heavy (non-hydrogen) atoms. The lowest BCUT2D eigenvalue weighted by molar-refractivity contribution is -0.128. The van der Waals surface area contributed by atoms with Gasteiger partial charge in [0.1, 0.15) is 17.1 Å². The summed E-state index contributed by atoms with van der Waals surface area (Å²) in [6.45, 7) is 7.92. The first-order valence-corrected chi connectivity index (χ1v) is 10.1. The van der Waals surface area contributed by atoms with Crippen molar-refractivity contribution in [3.63, 3.8) is 0 Å². The predicted molar refractivity (Wildman–Crippen MR) is 115 cm³/mol. The molecule has 1 N–H and O–H groups in total. The Labute approximate surface area is 171 Å². The van der Waals surface area contributed by atoms with Crippen molar-refractivity contribution >= 4 is 16.7 Å². The van der Waals surface area contributed by atoms with Crippen molar-refractivity contribution in [1.82, 2.24) is 5.32 Å². The minimum Gasteiger partial charge on any atom is -0.487 e. The van der Waals surface area contributed by atoms with E-state index in [2.05, 4.69) is 17.4 Å². The van der Waals surface area contributed by atoms with Crippen LogP contribution in [0.5, 0.6) is 11.5 Å². The fourth-order valence-corrected chi connectivity index (χ4v) is 3.87. The zero-order valence-corrected chi connectivity index (χ0v) is 17.4. The van der Waals surface area contributed by atoms with Crippen molar-refractivity contribution < 1.29 is 14.3 Å². The van der Waals surface area contributed by atoms with Gasteiger partial charge in [0.05, 0.1) is 6.04 Å². The molecular formula is C25H27NO3. The molecule has 4 rings (SSSR count). The summed E-state index contributed by atoms with van der Waals surface area (Å²) in [5.41, 5.74) is 1.81. The van der Waals surface area contributed by atoms with E-state index in [1.54, 1.807) is 6.92 Å². The van der Waals surface area contributed by atoms with Crippen molar-refractivity contribution in [2.75, 3.05) is 0 Å². The fourth-order valence-electron chi connectivity index (χ4n) is 3.87. The van der Waals surface area contributed by atoms with Gasteiger partial charge in [0, 0.05) is 12.0 Å². The summed E-state index contributed by atoms with van der Waals surface area (Å²) < 4.78 is 12.1. The van der Waals surface area contributed by atoms with Gasteiger partial charge in [-0.25, -0.2) is 0 Å². The van der Waals surface area contributed by atoms with Crippen molar-refractivity contribution in [3.8, 4) is 11.5 Å². The summed E-state index contributed by atoms with van der Waals surface area (Å²) in [4.78, 5) is 12.9. The number of aryl methyl sites for hydroxylation is 1. The maximum absolute atomic E-state index is 12.9. The molecule has 4 nitrogen and oxygen atoms in total. The minimum atomic E-state index is -0.601. The van der Waals surface area contributed by atoms with Crippen LogP contribution in [0.2, 0.25) is 0 Å². The lowest BCUT2D eigenvalue weighted by Gasteiger charge is -2.38. The van der Waals surface area contributed by atoms with Crippen molar-refractivity contribution in [1.29, 1.82) is 0 Å². The average molecular weight is 389 g/mol. The van der Waals surface area contributed by atoms with Crippen LogP contribution in [0.15, 0.2) is 60.7 Å². The van der Waals surface area contributed by atoms with E-state index in [4.69, 9.17) is 9.47 Å². The number of hydrogen-bond donors (Lipinski definition) is 1. The van der Waals surface area contributed by atoms with Crippen LogP contribution >= 0.6 is 0 Å². The highest BCUT2D eigenvalue weighted by atomic mass is 16.5. The van der Waals surface area contributed by atoms with E-state index < -0.39 is 6.10 Å². The zero-order chi connectivity index (χ0) is 20.6. The third-order valence-corrected chi connectivity index (χ3v) is 5.35. The van der Waals surface area contributed by atoms with Gasteiger partial charge in [0.2, 0.25) is 0 Å². The molecule has 0 unspecified atom stereocenters. The number of rotatable bonds is 4. The first-order chi connectivity index (χ1) is 13.8. The Morgan fingerprint density at radius 1 is 1.10 bits per heavy atom. The summed E-state index contributed by atoms with van der Waals surface area (Å²) in [6, 6.07) is 20.0. The van der Waals surface area contributed by atoms with Crippen LogP contribution in [-0.2, 0) is 4.79 Å². The molecule has 0 aromatic heterocycles. The zero-order valence-electron chi connectivity index (χ0n) is 17.4. The molecule has 150 valence electrons. The molecule has 1 amide bonds. The molecule has 3 aromatic carbocycles. The van der Waals surface area contributed by atoms with E-state index >= 15 is 0 Å². The van der Waals surface area contributed by atoms with E-state index in [0.29, 0.717) is 12.2 Å². The Kier molecular flexibility index (Phi) is 4.95. The van der Waals surface area contributed by atoms with E-state index in [1.165, 1.54) is 0 Å². The maximum atomic E-state index is 12.9. The van der Waals surface area contributed by atoms with Crippen molar-refractivity contribution in [2.24, 2.45) is 0 Å². The van der Waals surface area contributed by atoms with Gasteiger partial charge in [-0.05, 0) is 62.2 Å². The third-order valence-electron chi connectivity index (χ3n) is 5.35. The van der Waals surface area contributed by atoms with E-state index in [9.17, 15) is 4.79 Å². The molecule has 2 atom stereocenters. The molecule has 0 saturated carbocycles. The summed E-state index contributed by atoms with van der Waals surface area (Å²) in [7, 11) is 0. The van der Waals surface area contributed by atoms with Gasteiger partial charge in [-0.1, -0.05) is 42.5 Å². The SMILES string of the molecule is Cc1ccc2c(c1)OC(C)(C)C[C@@H]2NC(=O)[C@H](C)Oc1ccc2ccccc2c1. The van der Waals surface area contributed by atoms with Crippen LogP contribution in [-0.4, -0.2) is 17.6 Å². The van der Waals surface area contributed by atoms with Gasteiger partial charge in [-0.2, -0.15) is 0 Å². The molecule has 4 heteroatoms. The van der Waals surface area contributed by atoms with Gasteiger partial charge in [0.25, 0.3) is 5.91 Å². The monoisotopic (exact) mass is 389 g/mol. The Morgan fingerprint density at radius 3 is 2.66 bits per heavy atom. The molecular weight excluding hydrogens is 362 g/mol. The standard InChI is InChI=1S/C25H27NO3/c1-16-9-12-21-22(15-25(3,4)29-23(21)13-16)26-24(27)17(2)28-20-11-10-18-7-5-6-8-19(18)14-20/h5-14,17,22H,15H2,1-4H3,(H,26,27)/t17-,22-/m0/s1.